The zero-order chi connectivity index (χ0) is 19.1. The van der Waals surface area contributed by atoms with E-state index in [2.05, 4.69) is 4.98 Å². The molecule has 2 aromatic carbocycles. The summed E-state index contributed by atoms with van der Waals surface area (Å²) in [5.41, 5.74) is 4.35. The molecular weight excluding hydrogens is 338 g/mol. The second-order valence-corrected chi connectivity index (χ2v) is 6.20. The maximum absolute atomic E-state index is 11.8. The van der Waals surface area contributed by atoms with Gasteiger partial charge in [-0.05, 0) is 41.8 Å². The van der Waals surface area contributed by atoms with Gasteiger partial charge in [-0.1, -0.05) is 54.6 Å². The summed E-state index contributed by atoms with van der Waals surface area (Å²) in [7, 11) is 0. The van der Waals surface area contributed by atoms with E-state index >= 15 is 0 Å². The van der Waals surface area contributed by atoms with E-state index in [1.54, 1.807) is 19.2 Å². The predicted molar refractivity (Wildman–Crippen MR) is 106 cm³/mol. The number of hydrogen-bond acceptors (Lipinski definition) is 4. The zero-order valence-corrected chi connectivity index (χ0v) is 15.1. The number of rotatable bonds is 6. The van der Waals surface area contributed by atoms with Crippen LogP contribution in [0.3, 0.4) is 0 Å². The van der Waals surface area contributed by atoms with Gasteiger partial charge >= 0.3 is 5.97 Å². The third-order valence-electron chi connectivity index (χ3n) is 4.09. The van der Waals surface area contributed by atoms with Crippen molar-refractivity contribution in [2.75, 3.05) is 0 Å². The number of aliphatic hydroxyl groups excluding tert-OH is 1. The van der Waals surface area contributed by atoms with Crippen LogP contribution in [0.4, 0.5) is 0 Å². The number of esters is 1. The molecular formula is C23H21NO3. The van der Waals surface area contributed by atoms with Crippen LogP contribution in [-0.4, -0.2) is 16.1 Å². The number of pyridine rings is 1. The molecule has 0 radical (unpaired) electrons. The maximum atomic E-state index is 11.8. The van der Waals surface area contributed by atoms with Crippen LogP contribution in [0.5, 0.6) is 0 Å². The number of nitrogens with zero attached hydrogens (tertiary/aromatic N) is 1. The Morgan fingerprint density at radius 2 is 1.93 bits per heavy atom. The standard InChI is InChI=1S/C23H21NO3/c1-17(25)20-8-5-9-21(14-20)22-12-10-18(15-24-22)11-13-23(26)27-16-19-6-3-2-4-7-19/h2-15,17,25H,16H2,1H3. The van der Waals surface area contributed by atoms with Gasteiger partial charge in [0.25, 0.3) is 0 Å². The first-order chi connectivity index (χ1) is 13.1. The van der Waals surface area contributed by atoms with Crippen LogP contribution in [0, 0.1) is 0 Å². The molecule has 0 aliphatic rings. The normalized spacial score (nSPS) is 12.1. The molecule has 4 nitrogen and oxygen atoms in total. The first-order valence-electron chi connectivity index (χ1n) is 8.75. The van der Waals surface area contributed by atoms with Crippen molar-refractivity contribution < 1.29 is 14.6 Å². The lowest BCUT2D eigenvalue weighted by Gasteiger charge is -2.07. The molecule has 0 saturated carbocycles. The fraction of sp³-hybridized carbons (Fsp3) is 0.130. The van der Waals surface area contributed by atoms with Crippen molar-refractivity contribution in [3.63, 3.8) is 0 Å². The summed E-state index contributed by atoms with van der Waals surface area (Å²) >= 11 is 0. The molecule has 0 bridgehead atoms. The molecule has 1 atom stereocenters. The summed E-state index contributed by atoms with van der Waals surface area (Å²) < 4.78 is 5.21. The van der Waals surface area contributed by atoms with Crippen molar-refractivity contribution in [1.29, 1.82) is 0 Å². The first kappa shape index (κ1) is 18.5. The molecule has 1 unspecified atom stereocenters. The molecule has 3 rings (SSSR count). The monoisotopic (exact) mass is 359 g/mol. The molecule has 1 heterocycles. The molecule has 0 aliphatic heterocycles. The predicted octanol–water partition coefficient (Wildman–Crippen LogP) is 4.56. The summed E-state index contributed by atoms with van der Waals surface area (Å²) in [5.74, 6) is -0.396. The van der Waals surface area contributed by atoms with E-state index in [0.717, 1.165) is 27.9 Å². The Morgan fingerprint density at radius 3 is 2.63 bits per heavy atom. The second-order valence-electron chi connectivity index (χ2n) is 6.20. The molecule has 1 N–H and O–H groups in total. The van der Waals surface area contributed by atoms with E-state index in [9.17, 15) is 9.90 Å². The number of aliphatic hydroxyl groups is 1. The molecule has 136 valence electrons. The van der Waals surface area contributed by atoms with Crippen molar-refractivity contribution in [2.24, 2.45) is 0 Å². The largest absolute Gasteiger partial charge is 0.458 e. The summed E-state index contributed by atoms with van der Waals surface area (Å²) in [6.07, 6.45) is 4.25. The van der Waals surface area contributed by atoms with Gasteiger partial charge in [-0.3, -0.25) is 4.98 Å². The summed E-state index contributed by atoms with van der Waals surface area (Å²) in [6.45, 7) is 1.98. The Hall–Kier alpha value is -3.24. The molecule has 3 aromatic rings. The number of aromatic nitrogens is 1. The Morgan fingerprint density at radius 1 is 1.11 bits per heavy atom. The van der Waals surface area contributed by atoms with Gasteiger partial charge in [-0.15, -0.1) is 0 Å². The van der Waals surface area contributed by atoms with E-state index in [1.807, 2.05) is 66.7 Å². The minimum Gasteiger partial charge on any atom is -0.458 e. The van der Waals surface area contributed by atoms with E-state index in [-0.39, 0.29) is 6.61 Å². The van der Waals surface area contributed by atoms with Crippen molar-refractivity contribution in [3.05, 3.63) is 95.7 Å². The highest BCUT2D eigenvalue weighted by Crippen LogP contribution is 2.22. The Balaban J connectivity index is 1.61. The average Bonchev–Trinajstić information content (AvgIpc) is 2.72. The SMILES string of the molecule is CC(O)c1cccc(-c2ccc(C=CC(=O)OCc3ccccc3)cn2)c1. The third kappa shape index (κ3) is 5.36. The van der Waals surface area contributed by atoms with Crippen LogP contribution in [0.25, 0.3) is 17.3 Å². The van der Waals surface area contributed by atoms with E-state index in [1.165, 1.54) is 6.08 Å². The molecule has 1 aromatic heterocycles. The van der Waals surface area contributed by atoms with Crippen LogP contribution in [0.2, 0.25) is 0 Å². The highest BCUT2D eigenvalue weighted by atomic mass is 16.5. The van der Waals surface area contributed by atoms with Gasteiger partial charge in [-0.2, -0.15) is 0 Å². The molecule has 27 heavy (non-hydrogen) atoms. The lowest BCUT2D eigenvalue weighted by atomic mass is 10.0. The van der Waals surface area contributed by atoms with Crippen molar-refractivity contribution in [1.82, 2.24) is 4.98 Å². The van der Waals surface area contributed by atoms with Crippen LogP contribution in [0.15, 0.2) is 79.0 Å². The van der Waals surface area contributed by atoms with Gasteiger partial charge in [0.05, 0.1) is 11.8 Å². The van der Waals surface area contributed by atoms with Crippen LogP contribution in [0.1, 0.15) is 29.7 Å². The molecule has 4 heteroatoms. The van der Waals surface area contributed by atoms with Gasteiger partial charge in [0, 0.05) is 17.8 Å². The topological polar surface area (TPSA) is 59.4 Å². The second kappa shape index (κ2) is 8.92. The third-order valence-corrected chi connectivity index (χ3v) is 4.09. The van der Waals surface area contributed by atoms with Gasteiger partial charge in [0.2, 0.25) is 0 Å². The number of benzene rings is 2. The van der Waals surface area contributed by atoms with Gasteiger partial charge in [-0.25, -0.2) is 4.79 Å². The maximum Gasteiger partial charge on any atom is 0.331 e. The average molecular weight is 359 g/mol. The number of ether oxygens (including phenoxy) is 1. The Labute approximate surface area is 158 Å². The van der Waals surface area contributed by atoms with Crippen molar-refractivity contribution in [3.8, 4) is 11.3 Å². The van der Waals surface area contributed by atoms with Crippen molar-refractivity contribution in [2.45, 2.75) is 19.6 Å². The van der Waals surface area contributed by atoms with Crippen molar-refractivity contribution >= 4 is 12.0 Å². The van der Waals surface area contributed by atoms with Gasteiger partial charge < -0.3 is 9.84 Å². The highest BCUT2D eigenvalue weighted by molar-refractivity contribution is 5.87. The van der Waals surface area contributed by atoms with Crippen LogP contribution >= 0.6 is 0 Å². The fourth-order valence-electron chi connectivity index (χ4n) is 2.57. The minimum atomic E-state index is -0.519. The van der Waals surface area contributed by atoms with Gasteiger partial charge in [0.1, 0.15) is 6.61 Å². The zero-order valence-electron chi connectivity index (χ0n) is 15.1. The van der Waals surface area contributed by atoms with Crippen LogP contribution in [-0.2, 0) is 16.1 Å². The van der Waals surface area contributed by atoms with E-state index in [0.29, 0.717) is 0 Å². The summed E-state index contributed by atoms with van der Waals surface area (Å²) in [4.78, 5) is 16.3. The molecule has 0 fully saturated rings. The summed E-state index contributed by atoms with van der Waals surface area (Å²) in [6, 6.07) is 21.0. The minimum absolute atomic E-state index is 0.251. The Bertz CT molecular complexity index is 916. The number of carbonyl (C=O) groups excluding carboxylic acids is 1. The molecule has 0 amide bonds. The molecule has 0 aliphatic carbocycles. The smallest absolute Gasteiger partial charge is 0.331 e. The number of carbonyl (C=O) groups is 1. The highest BCUT2D eigenvalue weighted by Gasteiger charge is 2.04. The summed E-state index contributed by atoms with van der Waals surface area (Å²) in [5, 5.41) is 9.70. The van der Waals surface area contributed by atoms with Crippen LogP contribution < -0.4 is 0 Å². The Kier molecular flexibility index (Phi) is 6.13. The quantitative estimate of drug-likeness (QED) is 0.518. The number of hydrogen-bond donors (Lipinski definition) is 1. The fourth-order valence-corrected chi connectivity index (χ4v) is 2.57. The lowest BCUT2D eigenvalue weighted by molar-refractivity contribution is -0.138. The van der Waals surface area contributed by atoms with Gasteiger partial charge in [0.15, 0.2) is 0 Å². The molecule has 0 saturated heterocycles. The molecule has 0 spiro atoms. The van der Waals surface area contributed by atoms with E-state index in [4.69, 9.17) is 4.74 Å². The first-order valence-corrected chi connectivity index (χ1v) is 8.75. The van der Waals surface area contributed by atoms with E-state index < -0.39 is 12.1 Å². The lowest BCUT2D eigenvalue weighted by Crippen LogP contribution is -2.00.